The standard InChI is InChI=1S/C16H16N2O4S/c1-10-17-12(8-23-10)13-7-20-5-4-18(13)16(19)11-2-3-14-15(6-11)22-9-21-14/h2-3,6,8,13H,4-5,7,9H2,1H3. The summed E-state index contributed by atoms with van der Waals surface area (Å²) in [5.74, 6) is 1.25. The van der Waals surface area contributed by atoms with E-state index in [1.54, 1.807) is 29.5 Å². The van der Waals surface area contributed by atoms with E-state index in [1.807, 2.05) is 17.2 Å². The smallest absolute Gasteiger partial charge is 0.254 e. The van der Waals surface area contributed by atoms with E-state index in [1.165, 1.54) is 0 Å². The molecule has 0 aliphatic carbocycles. The number of morpholine rings is 1. The number of rotatable bonds is 2. The van der Waals surface area contributed by atoms with Crippen LogP contribution in [0.1, 0.15) is 27.1 Å². The minimum absolute atomic E-state index is 0.0396. The van der Waals surface area contributed by atoms with Crippen LogP contribution in [-0.2, 0) is 4.74 Å². The lowest BCUT2D eigenvalue weighted by Crippen LogP contribution is -2.43. The number of carbonyl (C=O) groups excluding carboxylic acids is 1. The lowest BCUT2D eigenvalue weighted by Gasteiger charge is -2.34. The van der Waals surface area contributed by atoms with Crippen molar-refractivity contribution in [1.82, 2.24) is 9.88 Å². The highest BCUT2D eigenvalue weighted by Gasteiger charge is 2.31. The summed E-state index contributed by atoms with van der Waals surface area (Å²) in [5.41, 5.74) is 1.48. The maximum Gasteiger partial charge on any atom is 0.254 e. The Morgan fingerprint density at radius 3 is 3.04 bits per heavy atom. The van der Waals surface area contributed by atoms with Gasteiger partial charge in [0.1, 0.15) is 0 Å². The molecule has 6 nitrogen and oxygen atoms in total. The van der Waals surface area contributed by atoms with Crippen LogP contribution >= 0.6 is 11.3 Å². The monoisotopic (exact) mass is 332 g/mol. The third-order valence-corrected chi connectivity index (χ3v) is 4.78. The van der Waals surface area contributed by atoms with Gasteiger partial charge in [-0.15, -0.1) is 11.3 Å². The molecule has 1 atom stereocenters. The third-order valence-electron chi connectivity index (χ3n) is 3.99. The molecule has 7 heteroatoms. The molecule has 4 rings (SSSR count). The zero-order valence-electron chi connectivity index (χ0n) is 12.7. The summed E-state index contributed by atoms with van der Waals surface area (Å²) in [6.45, 7) is 3.72. The van der Waals surface area contributed by atoms with Crippen LogP contribution in [-0.4, -0.2) is 42.3 Å². The molecule has 0 saturated carbocycles. The summed E-state index contributed by atoms with van der Waals surface area (Å²) < 4.78 is 16.2. The molecule has 0 radical (unpaired) electrons. The molecular weight excluding hydrogens is 316 g/mol. The maximum absolute atomic E-state index is 12.9. The molecule has 0 bridgehead atoms. The molecule has 1 fully saturated rings. The second-order valence-electron chi connectivity index (χ2n) is 5.45. The summed E-state index contributed by atoms with van der Waals surface area (Å²) in [4.78, 5) is 19.3. The van der Waals surface area contributed by atoms with Crippen LogP contribution in [0.3, 0.4) is 0 Å². The maximum atomic E-state index is 12.9. The van der Waals surface area contributed by atoms with Gasteiger partial charge in [-0.1, -0.05) is 0 Å². The zero-order chi connectivity index (χ0) is 15.8. The quantitative estimate of drug-likeness (QED) is 0.845. The van der Waals surface area contributed by atoms with Gasteiger partial charge in [-0.3, -0.25) is 4.79 Å². The normalized spacial score (nSPS) is 19.9. The number of aryl methyl sites for hydroxylation is 1. The van der Waals surface area contributed by atoms with E-state index in [-0.39, 0.29) is 18.7 Å². The summed E-state index contributed by atoms with van der Waals surface area (Å²) in [5, 5.41) is 2.98. The van der Waals surface area contributed by atoms with Gasteiger partial charge in [-0.25, -0.2) is 4.98 Å². The topological polar surface area (TPSA) is 60.9 Å². The van der Waals surface area contributed by atoms with Crippen molar-refractivity contribution in [2.24, 2.45) is 0 Å². The average Bonchev–Trinajstić information content (AvgIpc) is 3.22. The molecule has 0 N–H and O–H groups in total. The minimum atomic E-state index is -0.147. The van der Waals surface area contributed by atoms with Crippen LogP contribution in [0.2, 0.25) is 0 Å². The van der Waals surface area contributed by atoms with Gasteiger partial charge in [0.15, 0.2) is 11.5 Å². The van der Waals surface area contributed by atoms with Gasteiger partial charge in [0.05, 0.1) is 30.0 Å². The molecule has 23 heavy (non-hydrogen) atoms. The summed E-state index contributed by atoms with van der Waals surface area (Å²) in [6, 6.07) is 5.14. The van der Waals surface area contributed by atoms with Crippen molar-refractivity contribution in [2.75, 3.05) is 26.6 Å². The molecular formula is C16H16N2O4S. The van der Waals surface area contributed by atoms with Crippen molar-refractivity contribution in [3.63, 3.8) is 0 Å². The van der Waals surface area contributed by atoms with Crippen LogP contribution in [0.15, 0.2) is 23.6 Å². The predicted molar refractivity (Wildman–Crippen MR) is 84.0 cm³/mol. The number of benzene rings is 1. The van der Waals surface area contributed by atoms with Crippen molar-refractivity contribution < 1.29 is 19.0 Å². The highest BCUT2D eigenvalue weighted by Crippen LogP contribution is 2.34. The molecule has 120 valence electrons. The number of carbonyl (C=O) groups is 1. The second-order valence-corrected chi connectivity index (χ2v) is 6.51. The number of ether oxygens (including phenoxy) is 3. The molecule has 1 unspecified atom stereocenters. The van der Waals surface area contributed by atoms with Crippen LogP contribution in [0, 0.1) is 6.92 Å². The Kier molecular flexibility index (Phi) is 3.66. The summed E-state index contributed by atoms with van der Waals surface area (Å²) in [6.07, 6.45) is 0. The Morgan fingerprint density at radius 1 is 1.35 bits per heavy atom. The first-order valence-electron chi connectivity index (χ1n) is 7.43. The largest absolute Gasteiger partial charge is 0.454 e. The van der Waals surface area contributed by atoms with Gasteiger partial charge in [-0.2, -0.15) is 0 Å². The van der Waals surface area contributed by atoms with Crippen molar-refractivity contribution >= 4 is 17.2 Å². The average molecular weight is 332 g/mol. The Bertz CT molecular complexity index is 745. The fraction of sp³-hybridized carbons (Fsp3) is 0.375. The van der Waals surface area contributed by atoms with E-state index < -0.39 is 0 Å². The third kappa shape index (κ3) is 2.66. The van der Waals surface area contributed by atoms with E-state index in [2.05, 4.69) is 4.98 Å². The first kappa shape index (κ1) is 14.5. The Morgan fingerprint density at radius 2 is 2.22 bits per heavy atom. The summed E-state index contributed by atoms with van der Waals surface area (Å²) in [7, 11) is 0. The molecule has 2 aromatic rings. The summed E-state index contributed by atoms with van der Waals surface area (Å²) >= 11 is 1.58. The Labute approximate surface area is 137 Å². The van der Waals surface area contributed by atoms with Crippen molar-refractivity contribution in [3.8, 4) is 11.5 Å². The van der Waals surface area contributed by atoms with E-state index in [0.29, 0.717) is 36.8 Å². The molecule has 1 saturated heterocycles. The minimum Gasteiger partial charge on any atom is -0.454 e. The SMILES string of the molecule is Cc1nc(C2COCCN2C(=O)c2ccc3c(c2)OCO3)cs1. The zero-order valence-corrected chi connectivity index (χ0v) is 13.5. The second kappa shape index (κ2) is 5.82. The van der Waals surface area contributed by atoms with Gasteiger partial charge >= 0.3 is 0 Å². The van der Waals surface area contributed by atoms with Crippen molar-refractivity contribution in [2.45, 2.75) is 13.0 Å². The predicted octanol–water partition coefficient (Wildman–Crippen LogP) is 2.39. The van der Waals surface area contributed by atoms with E-state index >= 15 is 0 Å². The first-order valence-corrected chi connectivity index (χ1v) is 8.31. The lowest BCUT2D eigenvalue weighted by atomic mass is 10.1. The number of hydrogen-bond acceptors (Lipinski definition) is 6. The van der Waals surface area contributed by atoms with Gasteiger partial charge in [0.2, 0.25) is 6.79 Å². The Hall–Kier alpha value is -2.12. The van der Waals surface area contributed by atoms with E-state index in [0.717, 1.165) is 10.7 Å². The van der Waals surface area contributed by atoms with Crippen LogP contribution in [0.5, 0.6) is 11.5 Å². The molecule has 2 aliphatic rings. The highest BCUT2D eigenvalue weighted by atomic mass is 32.1. The van der Waals surface area contributed by atoms with E-state index in [4.69, 9.17) is 14.2 Å². The molecule has 3 heterocycles. The molecule has 2 aliphatic heterocycles. The van der Waals surface area contributed by atoms with Gasteiger partial charge < -0.3 is 19.1 Å². The molecule has 1 aromatic heterocycles. The number of hydrogen-bond donors (Lipinski definition) is 0. The molecule has 1 aromatic carbocycles. The van der Waals surface area contributed by atoms with Crippen LogP contribution < -0.4 is 9.47 Å². The molecule has 0 spiro atoms. The number of amides is 1. The van der Waals surface area contributed by atoms with Gasteiger partial charge in [-0.05, 0) is 25.1 Å². The highest BCUT2D eigenvalue weighted by molar-refractivity contribution is 7.09. The van der Waals surface area contributed by atoms with Crippen molar-refractivity contribution in [1.29, 1.82) is 0 Å². The number of nitrogens with zero attached hydrogens (tertiary/aromatic N) is 2. The number of fused-ring (bicyclic) bond motifs is 1. The van der Waals surface area contributed by atoms with Crippen molar-refractivity contribution in [3.05, 3.63) is 39.8 Å². The fourth-order valence-corrected chi connectivity index (χ4v) is 3.48. The molecule has 1 amide bonds. The fourth-order valence-electron chi connectivity index (χ4n) is 2.82. The van der Waals surface area contributed by atoms with Crippen LogP contribution in [0.25, 0.3) is 0 Å². The first-order chi connectivity index (χ1) is 11.2. The van der Waals surface area contributed by atoms with Crippen LogP contribution in [0.4, 0.5) is 0 Å². The number of thiazole rings is 1. The van der Waals surface area contributed by atoms with E-state index in [9.17, 15) is 4.79 Å². The number of aromatic nitrogens is 1. The van der Waals surface area contributed by atoms with Gasteiger partial charge in [0, 0.05) is 17.5 Å². The Balaban J connectivity index is 1.62. The lowest BCUT2D eigenvalue weighted by molar-refractivity contribution is -0.00377. The van der Waals surface area contributed by atoms with Gasteiger partial charge in [0.25, 0.3) is 5.91 Å².